The van der Waals surface area contributed by atoms with Crippen LogP contribution in [0.3, 0.4) is 0 Å². The number of carbonyl (C=O) groups is 4. The lowest BCUT2D eigenvalue weighted by Gasteiger charge is -2.24. The van der Waals surface area contributed by atoms with Crippen molar-refractivity contribution >= 4 is 51.6 Å². The van der Waals surface area contributed by atoms with Crippen molar-refractivity contribution in [3.05, 3.63) is 40.8 Å². The number of anilines is 1. The van der Waals surface area contributed by atoms with E-state index in [0.717, 1.165) is 5.00 Å². The molecular weight excluding hydrogens is 436 g/mol. The maximum absolute atomic E-state index is 12.4. The summed E-state index contributed by atoms with van der Waals surface area (Å²) < 4.78 is 0. The molecule has 2 atom stereocenters. The molecule has 0 fully saturated rings. The Labute approximate surface area is 187 Å². The molecule has 0 spiro atoms. The minimum Gasteiger partial charge on any atom is -0.481 e. The highest BCUT2D eigenvalue weighted by Gasteiger charge is 2.25. The standard InChI is InChI=1S/C21H22N4O6S/c1-11-22-14-4-3-12(9-13(14)19(28)23-11)10-25(2)17-7-6-16(32-17)20(29)24-15(21(30)31)5-8-18(26)27/h3-4,6-7,9,12,15H,5,8,10H2,1-2H3,(H,24,29)(H,26,27)(H,30,31)/t12?,15-/m0/s1. The van der Waals surface area contributed by atoms with Gasteiger partial charge in [-0.1, -0.05) is 12.2 Å². The van der Waals surface area contributed by atoms with E-state index in [-0.39, 0.29) is 24.7 Å². The number of allylic oxidation sites excluding steroid dienone is 1. The molecule has 0 saturated carbocycles. The maximum Gasteiger partial charge on any atom is 0.326 e. The van der Waals surface area contributed by atoms with Gasteiger partial charge in [-0.3, -0.25) is 14.4 Å². The van der Waals surface area contributed by atoms with E-state index < -0.39 is 23.9 Å². The molecule has 2 aliphatic rings. The van der Waals surface area contributed by atoms with Gasteiger partial charge >= 0.3 is 11.9 Å². The van der Waals surface area contributed by atoms with Gasteiger partial charge in [0.2, 0.25) is 0 Å². The van der Waals surface area contributed by atoms with Crippen molar-refractivity contribution in [2.45, 2.75) is 25.8 Å². The number of hydrogen-bond acceptors (Lipinski definition) is 7. The average Bonchev–Trinajstić information content (AvgIpc) is 3.21. The number of carboxylic acid groups (broad SMARTS) is 2. The van der Waals surface area contributed by atoms with E-state index >= 15 is 0 Å². The van der Waals surface area contributed by atoms with Crippen molar-refractivity contribution in [1.29, 1.82) is 0 Å². The second-order valence-corrected chi connectivity index (χ2v) is 8.44. The third-order valence-electron chi connectivity index (χ3n) is 4.86. The van der Waals surface area contributed by atoms with E-state index in [2.05, 4.69) is 15.3 Å². The van der Waals surface area contributed by atoms with Gasteiger partial charge in [0, 0.05) is 25.9 Å². The number of aliphatic imine (C=N–C) groups is 2. The highest BCUT2D eigenvalue weighted by atomic mass is 32.1. The Morgan fingerprint density at radius 3 is 2.69 bits per heavy atom. The van der Waals surface area contributed by atoms with Crippen molar-refractivity contribution in [1.82, 2.24) is 5.32 Å². The fraction of sp³-hybridized carbons (Fsp3) is 0.333. The molecule has 1 aromatic rings. The first-order valence-electron chi connectivity index (χ1n) is 9.79. The third kappa shape index (κ3) is 5.55. The van der Waals surface area contributed by atoms with E-state index in [1.54, 1.807) is 25.1 Å². The average molecular weight is 458 g/mol. The lowest BCUT2D eigenvalue weighted by molar-refractivity contribution is -0.140. The molecule has 0 aromatic carbocycles. The van der Waals surface area contributed by atoms with Gasteiger partial charge < -0.3 is 20.4 Å². The minimum atomic E-state index is -1.29. The highest BCUT2D eigenvalue weighted by molar-refractivity contribution is 7.18. The van der Waals surface area contributed by atoms with Crippen LogP contribution in [0.2, 0.25) is 0 Å². The van der Waals surface area contributed by atoms with Gasteiger partial charge in [-0.05, 0) is 31.6 Å². The molecule has 3 rings (SSSR count). The van der Waals surface area contributed by atoms with Gasteiger partial charge in [-0.15, -0.1) is 11.3 Å². The van der Waals surface area contributed by atoms with Crippen molar-refractivity contribution < 1.29 is 29.4 Å². The third-order valence-corrected chi connectivity index (χ3v) is 6.06. The SMILES string of the molecule is CC1=NC(=O)C2=CC(CN(C)c3ccc(C(=O)N[C@@H](CCC(=O)O)C(=O)O)s3)C=CC2=N1. The first kappa shape index (κ1) is 23.1. The summed E-state index contributed by atoms with van der Waals surface area (Å²) in [6, 6.07) is 2.05. The summed E-state index contributed by atoms with van der Waals surface area (Å²) in [4.78, 5) is 56.9. The van der Waals surface area contributed by atoms with Crippen LogP contribution in [0.15, 0.2) is 45.9 Å². The topological polar surface area (TPSA) is 149 Å². The lowest BCUT2D eigenvalue weighted by Crippen LogP contribution is -2.40. The van der Waals surface area contributed by atoms with E-state index in [1.807, 2.05) is 24.1 Å². The van der Waals surface area contributed by atoms with Crippen molar-refractivity contribution in [2.24, 2.45) is 15.9 Å². The number of hydrogen-bond donors (Lipinski definition) is 3. The summed E-state index contributed by atoms with van der Waals surface area (Å²) in [7, 11) is 1.85. The van der Waals surface area contributed by atoms with Crippen LogP contribution in [0.5, 0.6) is 0 Å². The number of carboxylic acids is 2. The normalized spacial score (nSPS) is 18.1. The molecule has 2 amide bonds. The van der Waals surface area contributed by atoms with Crippen LogP contribution in [0.4, 0.5) is 5.00 Å². The summed E-state index contributed by atoms with van der Waals surface area (Å²) in [5, 5.41) is 21.1. The Morgan fingerprint density at radius 1 is 1.25 bits per heavy atom. The fourth-order valence-electron chi connectivity index (χ4n) is 3.27. The van der Waals surface area contributed by atoms with Gasteiger partial charge in [0.15, 0.2) is 0 Å². The van der Waals surface area contributed by atoms with Crippen LogP contribution < -0.4 is 10.2 Å². The zero-order valence-electron chi connectivity index (χ0n) is 17.4. The number of carbonyl (C=O) groups excluding carboxylic acids is 2. The number of amidine groups is 1. The first-order chi connectivity index (χ1) is 15.1. The van der Waals surface area contributed by atoms with Gasteiger partial charge in [-0.2, -0.15) is 4.99 Å². The van der Waals surface area contributed by atoms with Crippen molar-refractivity contribution in [2.75, 3.05) is 18.5 Å². The van der Waals surface area contributed by atoms with Crippen molar-refractivity contribution in [3.63, 3.8) is 0 Å². The number of fused-ring (bicyclic) bond motifs is 1. The van der Waals surface area contributed by atoms with E-state index in [9.17, 15) is 24.3 Å². The maximum atomic E-state index is 12.4. The molecule has 2 heterocycles. The predicted molar refractivity (Wildman–Crippen MR) is 120 cm³/mol. The lowest BCUT2D eigenvalue weighted by atomic mass is 9.94. The Kier molecular flexibility index (Phi) is 6.98. The summed E-state index contributed by atoms with van der Waals surface area (Å²) in [6.45, 7) is 2.21. The molecule has 1 unspecified atom stereocenters. The number of rotatable bonds is 9. The van der Waals surface area contributed by atoms with E-state index in [4.69, 9.17) is 5.11 Å². The number of nitrogens with zero attached hydrogens (tertiary/aromatic N) is 3. The smallest absolute Gasteiger partial charge is 0.326 e. The van der Waals surface area contributed by atoms with Gasteiger partial charge in [0.05, 0.1) is 21.2 Å². The summed E-state index contributed by atoms with van der Waals surface area (Å²) in [6.07, 6.45) is 5.02. The second-order valence-electron chi connectivity index (χ2n) is 7.38. The number of aliphatic carboxylic acids is 2. The summed E-state index contributed by atoms with van der Waals surface area (Å²) >= 11 is 1.19. The van der Waals surface area contributed by atoms with Crippen LogP contribution in [-0.4, -0.2) is 65.1 Å². The molecule has 0 bridgehead atoms. The number of nitrogens with one attached hydrogen (secondary N) is 1. The van der Waals surface area contributed by atoms with Crippen LogP contribution in [-0.2, 0) is 14.4 Å². The Bertz CT molecular complexity index is 1080. The Morgan fingerprint density at radius 2 is 2.00 bits per heavy atom. The predicted octanol–water partition coefficient (Wildman–Crippen LogP) is 1.74. The van der Waals surface area contributed by atoms with E-state index in [1.165, 1.54) is 11.3 Å². The Hall–Kier alpha value is -3.60. The Balaban J connectivity index is 1.63. The molecule has 168 valence electrons. The highest BCUT2D eigenvalue weighted by Crippen LogP contribution is 2.27. The first-order valence-corrected chi connectivity index (χ1v) is 10.6. The van der Waals surface area contributed by atoms with Crippen LogP contribution >= 0.6 is 11.3 Å². The second kappa shape index (κ2) is 9.69. The molecule has 10 nitrogen and oxygen atoms in total. The molecule has 1 aliphatic heterocycles. The number of thiophene rings is 1. The fourth-order valence-corrected chi connectivity index (χ4v) is 4.15. The molecule has 0 saturated heterocycles. The molecule has 11 heteroatoms. The summed E-state index contributed by atoms with van der Waals surface area (Å²) in [5.74, 6) is -2.93. The van der Waals surface area contributed by atoms with Gasteiger partial charge in [0.1, 0.15) is 11.9 Å². The van der Waals surface area contributed by atoms with Gasteiger partial charge in [0.25, 0.3) is 11.8 Å². The molecule has 1 aromatic heterocycles. The molecule has 3 N–H and O–H groups in total. The molecule has 32 heavy (non-hydrogen) atoms. The van der Waals surface area contributed by atoms with Crippen LogP contribution in [0.25, 0.3) is 0 Å². The zero-order chi connectivity index (χ0) is 23.4. The summed E-state index contributed by atoms with van der Waals surface area (Å²) in [5.41, 5.74) is 1.08. The molecular formula is C21H22N4O6S. The quantitative estimate of drug-likeness (QED) is 0.510. The van der Waals surface area contributed by atoms with Gasteiger partial charge in [-0.25, -0.2) is 9.79 Å². The molecule has 1 aliphatic carbocycles. The minimum absolute atomic E-state index is 0.0571. The molecule has 0 radical (unpaired) electrons. The zero-order valence-corrected chi connectivity index (χ0v) is 18.3. The van der Waals surface area contributed by atoms with Crippen LogP contribution in [0, 0.1) is 5.92 Å². The number of amides is 2. The van der Waals surface area contributed by atoms with Crippen LogP contribution in [0.1, 0.15) is 29.4 Å². The van der Waals surface area contributed by atoms with E-state index in [0.29, 0.717) is 28.5 Å². The largest absolute Gasteiger partial charge is 0.481 e. The monoisotopic (exact) mass is 458 g/mol. The van der Waals surface area contributed by atoms with Crippen molar-refractivity contribution in [3.8, 4) is 0 Å².